The first-order valence-electron chi connectivity index (χ1n) is 9.35. The van der Waals surface area contributed by atoms with Gasteiger partial charge in [-0.1, -0.05) is 30.3 Å². The van der Waals surface area contributed by atoms with E-state index >= 15 is 0 Å². The Bertz CT molecular complexity index is 1080. The van der Waals surface area contributed by atoms with Gasteiger partial charge in [-0.25, -0.2) is 9.97 Å². The number of benzene rings is 2. The molecule has 0 spiro atoms. The highest BCUT2D eigenvalue weighted by Crippen LogP contribution is 2.35. The standard InChI is InChI=1S/C22H20ClN5O/c1-2-21(29)27-7-9-28(10-8-27)22-18-11-17(16-5-3-15(13-24)4-6-16)19(23)12-20(18)25-14-26-22/h2-6,11-12,14,21,29H,1,7-10H2. The summed E-state index contributed by atoms with van der Waals surface area (Å²) in [4.78, 5) is 13.1. The number of hydrogen-bond donors (Lipinski definition) is 1. The maximum absolute atomic E-state index is 9.97. The van der Waals surface area contributed by atoms with E-state index in [9.17, 15) is 5.11 Å². The minimum atomic E-state index is -0.624. The minimum Gasteiger partial charge on any atom is -0.375 e. The van der Waals surface area contributed by atoms with Gasteiger partial charge in [0.25, 0.3) is 0 Å². The molecular formula is C22H20ClN5O. The number of rotatable bonds is 4. The third-order valence-corrected chi connectivity index (χ3v) is 5.54. The van der Waals surface area contributed by atoms with Gasteiger partial charge in [-0.2, -0.15) is 5.26 Å². The van der Waals surface area contributed by atoms with Crippen molar-refractivity contribution in [2.45, 2.75) is 6.23 Å². The fourth-order valence-corrected chi connectivity index (χ4v) is 3.88. The fraction of sp³-hybridized carbons (Fsp3) is 0.227. The number of nitriles is 1. The normalized spacial score (nSPS) is 15.8. The van der Waals surface area contributed by atoms with E-state index in [4.69, 9.17) is 16.9 Å². The Balaban J connectivity index is 1.70. The Hall–Kier alpha value is -2.98. The van der Waals surface area contributed by atoms with Gasteiger partial charge >= 0.3 is 0 Å². The van der Waals surface area contributed by atoms with Crippen LogP contribution in [0.2, 0.25) is 5.02 Å². The molecule has 1 saturated heterocycles. The van der Waals surface area contributed by atoms with Crippen LogP contribution < -0.4 is 4.90 Å². The Labute approximate surface area is 174 Å². The van der Waals surface area contributed by atoms with Gasteiger partial charge < -0.3 is 10.0 Å². The first kappa shape index (κ1) is 19.3. The first-order valence-corrected chi connectivity index (χ1v) is 9.73. The van der Waals surface area contributed by atoms with Crippen molar-refractivity contribution in [3.63, 3.8) is 0 Å². The highest BCUT2D eigenvalue weighted by Gasteiger charge is 2.23. The van der Waals surface area contributed by atoms with E-state index in [1.807, 2.05) is 29.2 Å². The molecule has 1 unspecified atom stereocenters. The van der Waals surface area contributed by atoms with Crippen LogP contribution in [0.25, 0.3) is 22.0 Å². The van der Waals surface area contributed by atoms with Crippen molar-refractivity contribution in [2.24, 2.45) is 0 Å². The van der Waals surface area contributed by atoms with Crippen LogP contribution in [0.4, 0.5) is 5.82 Å². The van der Waals surface area contributed by atoms with E-state index < -0.39 is 6.23 Å². The van der Waals surface area contributed by atoms with E-state index in [-0.39, 0.29) is 0 Å². The molecule has 1 aliphatic heterocycles. The Morgan fingerprint density at radius 3 is 2.52 bits per heavy atom. The van der Waals surface area contributed by atoms with Gasteiger partial charge in [0.05, 0.1) is 22.2 Å². The number of fused-ring (bicyclic) bond motifs is 1. The summed E-state index contributed by atoms with van der Waals surface area (Å²) < 4.78 is 0. The van der Waals surface area contributed by atoms with Gasteiger partial charge in [0.2, 0.25) is 0 Å². The molecule has 146 valence electrons. The second-order valence-corrected chi connectivity index (χ2v) is 7.32. The zero-order valence-corrected chi connectivity index (χ0v) is 16.5. The Kier molecular flexibility index (Phi) is 5.45. The topological polar surface area (TPSA) is 76.3 Å². The van der Waals surface area contributed by atoms with Gasteiger partial charge in [0.1, 0.15) is 18.4 Å². The number of aliphatic hydroxyl groups is 1. The second-order valence-electron chi connectivity index (χ2n) is 6.91. The number of hydrogen-bond acceptors (Lipinski definition) is 6. The van der Waals surface area contributed by atoms with Gasteiger partial charge in [-0.3, -0.25) is 4.90 Å². The summed E-state index contributed by atoms with van der Waals surface area (Å²) in [5, 5.41) is 20.5. The number of aromatic nitrogens is 2. The lowest BCUT2D eigenvalue weighted by Gasteiger charge is -2.37. The van der Waals surface area contributed by atoms with Crippen molar-refractivity contribution >= 4 is 28.3 Å². The predicted octanol–water partition coefficient (Wildman–Crippen LogP) is 3.45. The maximum Gasteiger partial charge on any atom is 0.139 e. The predicted molar refractivity (Wildman–Crippen MR) is 115 cm³/mol. The van der Waals surface area contributed by atoms with Crippen molar-refractivity contribution in [1.29, 1.82) is 5.26 Å². The van der Waals surface area contributed by atoms with Crippen LogP contribution in [0, 0.1) is 11.3 Å². The summed E-state index contributed by atoms with van der Waals surface area (Å²) in [5.74, 6) is 0.856. The SMILES string of the molecule is C=CC(O)N1CCN(c2ncnc3cc(Cl)c(-c4ccc(C#N)cc4)cc23)CC1. The van der Waals surface area contributed by atoms with E-state index in [0.717, 1.165) is 54.0 Å². The Morgan fingerprint density at radius 2 is 1.86 bits per heavy atom. The lowest BCUT2D eigenvalue weighted by Crippen LogP contribution is -2.50. The second kappa shape index (κ2) is 8.18. The molecule has 0 radical (unpaired) electrons. The third-order valence-electron chi connectivity index (χ3n) is 5.23. The zero-order valence-electron chi connectivity index (χ0n) is 15.8. The monoisotopic (exact) mass is 405 g/mol. The maximum atomic E-state index is 9.97. The van der Waals surface area contributed by atoms with Gasteiger partial charge in [0, 0.05) is 37.1 Å². The summed E-state index contributed by atoms with van der Waals surface area (Å²) in [7, 11) is 0. The van der Waals surface area contributed by atoms with Crippen LogP contribution in [0.1, 0.15) is 5.56 Å². The van der Waals surface area contributed by atoms with Gasteiger partial charge in [-0.15, -0.1) is 0 Å². The summed E-state index contributed by atoms with van der Waals surface area (Å²) in [6.07, 6.45) is 2.48. The van der Waals surface area contributed by atoms with Crippen LogP contribution in [0.5, 0.6) is 0 Å². The number of halogens is 1. The summed E-state index contributed by atoms with van der Waals surface area (Å²) in [6.45, 7) is 6.57. The van der Waals surface area contributed by atoms with Gasteiger partial charge in [-0.05, 0) is 35.9 Å². The van der Waals surface area contributed by atoms with E-state index in [1.165, 1.54) is 0 Å². The lowest BCUT2D eigenvalue weighted by atomic mass is 10.0. The highest BCUT2D eigenvalue weighted by atomic mass is 35.5. The van der Waals surface area contributed by atoms with Crippen LogP contribution >= 0.6 is 11.6 Å². The molecule has 0 bridgehead atoms. The van der Waals surface area contributed by atoms with Crippen molar-refractivity contribution in [1.82, 2.24) is 14.9 Å². The molecule has 7 heteroatoms. The zero-order chi connectivity index (χ0) is 20.4. The quantitative estimate of drug-likeness (QED) is 0.670. The molecule has 0 amide bonds. The largest absolute Gasteiger partial charge is 0.375 e. The molecule has 2 aromatic carbocycles. The molecule has 3 aromatic rings. The molecular weight excluding hydrogens is 386 g/mol. The van der Waals surface area contributed by atoms with E-state index in [1.54, 1.807) is 24.5 Å². The van der Waals surface area contributed by atoms with Crippen molar-refractivity contribution in [3.05, 3.63) is 66.0 Å². The molecule has 1 aromatic heterocycles. The van der Waals surface area contributed by atoms with E-state index in [2.05, 4.69) is 27.5 Å². The molecule has 1 fully saturated rings. The van der Waals surface area contributed by atoms with Crippen LogP contribution in [0.15, 0.2) is 55.4 Å². The third kappa shape index (κ3) is 3.81. The Morgan fingerprint density at radius 1 is 1.14 bits per heavy atom. The lowest BCUT2D eigenvalue weighted by molar-refractivity contribution is 0.0380. The molecule has 0 aliphatic carbocycles. The molecule has 29 heavy (non-hydrogen) atoms. The first-order chi connectivity index (χ1) is 14.1. The van der Waals surface area contributed by atoms with Crippen molar-refractivity contribution < 1.29 is 5.11 Å². The van der Waals surface area contributed by atoms with Crippen molar-refractivity contribution in [3.8, 4) is 17.2 Å². The molecule has 4 rings (SSSR count). The number of piperazine rings is 1. The molecule has 1 N–H and O–H groups in total. The molecule has 0 saturated carbocycles. The van der Waals surface area contributed by atoms with E-state index in [0.29, 0.717) is 10.6 Å². The average Bonchev–Trinajstić information content (AvgIpc) is 2.78. The number of nitrogens with zero attached hydrogens (tertiary/aromatic N) is 5. The summed E-state index contributed by atoms with van der Waals surface area (Å²) >= 11 is 6.54. The number of aliphatic hydroxyl groups excluding tert-OH is 1. The summed E-state index contributed by atoms with van der Waals surface area (Å²) in [5.41, 5.74) is 3.20. The average molecular weight is 406 g/mol. The molecule has 1 aliphatic rings. The fourth-order valence-electron chi connectivity index (χ4n) is 3.61. The van der Waals surface area contributed by atoms with Crippen LogP contribution in [-0.2, 0) is 0 Å². The number of anilines is 1. The highest BCUT2D eigenvalue weighted by molar-refractivity contribution is 6.34. The molecule has 2 heterocycles. The van der Waals surface area contributed by atoms with Crippen LogP contribution in [0.3, 0.4) is 0 Å². The van der Waals surface area contributed by atoms with Crippen LogP contribution in [-0.4, -0.2) is 52.4 Å². The molecule has 1 atom stereocenters. The van der Waals surface area contributed by atoms with Gasteiger partial charge in [0.15, 0.2) is 0 Å². The smallest absolute Gasteiger partial charge is 0.139 e. The molecule has 6 nitrogen and oxygen atoms in total. The summed E-state index contributed by atoms with van der Waals surface area (Å²) in [6, 6.07) is 13.3. The van der Waals surface area contributed by atoms with Crippen molar-refractivity contribution in [2.75, 3.05) is 31.1 Å². The minimum absolute atomic E-state index is 0.603.